The fraction of sp³-hybridized carbons (Fsp3) is 0.889. The van der Waals surface area contributed by atoms with Crippen molar-refractivity contribution >= 4 is 5.91 Å². The van der Waals surface area contributed by atoms with Crippen LogP contribution in [0.15, 0.2) is 0 Å². The lowest BCUT2D eigenvalue weighted by molar-refractivity contribution is -0.146. The Bertz CT molecular complexity index is 434. The quantitative estimate of drug-likeness (QED) is 0.868. The lowest BCUT2D eigenvalue weighted by atomic mass is 9.74. The number of carbonyl (C=O) groups is 1. The Morgan fingerprint density at radius 1 is 1.27 bits per heavy atom. The Balaban J connectivity index is 2.17. The SMILES string of the molecule is CC1(C)CCC(N(C(=O)C(C)(C)CC#N)[C@H]2CCNC2)CC1. The number of rotatable bonds is 4. The summed E-state index contributed by atoms with van der Waals surface area (Å²) in [7, 11) is 0. The van der Waals surface area contributed by atoms with Gasteiger partial charge in [0.25, 0.3) is 0 Å². The third kappa shape index (κ3) is 3.81. The highest BCUT2D eigenvalue weighted by molar-refractivity contribution is 5.83. The van der Waals surface area contributed by atoms with Crippen molar-refractivity contribution in [3.8, 4) is 6.07 Å². The molecule has 2 fully saturated rings. The van der Waals surface area contributed by atoms with Crippen molar-refractivity contribution in [3.05, 3.63) is 0 Å². The first-order chi connectivity index (χ1) is 10.3. The lowest BCUT2D eigenvalue weighted by Crippen LogP contribution is -2.54. The summed E-state index contributed by atoms with van der Waals surface area (Å²) in [5, 5.41) is 12.4. The number of carbonyl (C=O) groups excluding carboxylic acids is 1. The molecule has 4 nitrogen and oxygen atoms in total. The molecule has 1 aliphatic heterocycles. The number of nitrogens with zero attached hydrogens (tertiary/aromatic N) is 2. The molecule has 1 aliphatic carbocycles. The van der Waals surface area contributed by atoms with Crippen LogP contribution in [0, 0.1) is 22.2 Å². The molecule has 4 heteroatoms. The van der Waals surface area contributed by atoms with E-state index < -0.39 is 5.41 Å². The highest BCUT2D eigenvalue weighted by Crippen LogP contribution is 2.39. The minimum Gasteiger partial charge on any atom is -0.335 e. The van der Waals surface area contributed by atoms with Crippen LogP contribution in [0.3, 0.4) is 0 Å². The summed E-state index contributed by atoms with van der Waals surface area (Å²) in [5.74, 6) is 0.174. The van der Waals surface area contributed by atoms with E-state index in [-0.39, 0.29) is 5.91 Å². The zero-order chi connectivity index (χ0) is 16.4. The molecule has 0 spiro atoms. The average Bonchev–Trinajstić information content (AvgIpc) is 2.94. The number of nitrogens with one attached hydrogen (secondary N) is 1. The fourth-order valence-corrected chi connectivity index (χ4v) is 3.79. The van der Waals surface area contributed by atoms with Crippen molar-refractivity contribution in [1.82, 2.24) is 10.2 Å². The van der Waals surface area contributed by atoms with Crippen LogP contribution in [0.25, 0.3) is 0 Å². The Morgan fingerprint density at radius 3 is 2.41 bits per heavy atom. The van der Waals surface area contributed by atoms with E-state index in [1.807, 2.05) is 13.8 Å². The molecule has 1 saturated carbocycles. The van der Waals surface area contributed by atoms with Crippen molar-refractivity contribution in [2.75, 3.05) is 13.1 Å². The van der Waals surface area contributed by atoms with Gasteiger partial charge in [-0.3, -0.25) is 4.79 Å². The molecular formula is C18H31N3O. The van der Waals surface area contributed by atoms with E-state index in [1.165, 1.54) is 12.8 Å². The second-order valence-corrected chi connectivity index (χ2v) is 8.47. The summed E-state index contributed by atoms with van der Waals surface area (Å²) in [6.07, 6.45) is 5.88. The number of hydrogen-bond acceptors (Lipinski definition) is 3. The van der Waals surface area contributed by atoms with Crippen LogP contribution in [-0.4, -0.2) is 36.0 Å². The third-order valence-corrected chi connectivity index (χ3v) is 5.46. The summed E-state index contributed by atoms with van der Waals surface area (Å²) < 4.78 is 0. The van der Waals surface area contributed by atoms with Crippen LogP contribution in [0.1, 0.15) is 66.2 Å². The molecule has 1 amide bonds. The molecule has 1 atom stereocenters. The summed E-state index contributed by atoms with van der Waals surface area (Å²) >= 11 is 0. The molecule has 0 aromatic rings. The maximum Gasteiger partial charge on any atom is 0.229 e. The first-order valence-electron chi connectivity index (χ1n) is 8.67. The average molecular weight is 305 g/mol. The van der Waals surface area contributed by atoms with Gasteiger partial charge in [0.2, 0.25) is 5.91 Å². The van der Waals surface area contributed by atoms with Gasteiger partial charge in [-0.1, -0.05) is 27.7 Å². The molecule has 0 aromatic carbocycles. The molecule has 1 heterocycles. The van der Waals surface area contributed by atoms with Gasteiger partial charge in [-0.15, -0.1) is 0 Å². The van der Waals surface area contributed by atoms with Crippen molar-refractivity contribution in [3.63, 3.8) is 0 Å². The Kier molecular flexibility index (Phi) is 5.17. The van der Waals surface area contributed by atoms with Gasteiger partial charge in [-0.25, -0.2) is 0 Å². The Hall–Kier alpha value is -1.08. The van der Waals surface area contributed by atoms with E-state index in [9.17, 15) is 4.79 Å². The van der Waals surface area contributed by atoms with Crippen LogP contribution < -0.4 is 5.32 Å². The monoisotopic (exact) mass is 305 g/mol. The molecule has 2 aliphatic rings. The molecule has 2 rings (SSSR count). The topological polar surface area (TPSA) is 56.1 Å². The number of hydrogen-bond donors (Lipinski definition) is 1. The molecule has 22 heavy (non-hydrogen) atoms. The molecule has 0 unspecified atom stereocenters. The summed E-state index contributed by atoms with van der Waals surface area (Å²) in [6, 6.07) is 2.84. The molecule has 0 bridgehead atoms. The summed E-state index contributed by atoms with van der Waals surface area (Å²) in [6.45, 7) is 10.4. The number of amides is 1. The second kappa shape index (κ2) is 6.58. The highest BCUT2D eigenvalue weighted by atomic mass is 16.2. The predicted octanol–water partition coefficient (Wildman–Crippen LogP) is 3.09. The summed E-state index contributed by atoms with van der Waals surface area (Å²) in [4.78, 5) is 15.3. The fourth-order valence-electron chi connectivity index (χ4n) is 3.79. The molecule has 0 radical (unpaired) electrons. The zero-order valence-electron chi connectivity index (χ0n) is 14.6. The Morgan fingerprint density at radius 2 is 1.91 bits per heavy atom. The first kappa shape index (κ1) is 17.3. The van der Waals surface area contributed by atoms with Gasteiger partial charge >= 0.3 is 0 Å². The van der Waals surface area contributed by atoms with E-state index in [2.05, 4.69) is 30.1 Å². The smallest absolute Gasteiger partial charge is 0.229 e. The van der Waals surface area contributed by atoms with Gasteiger partial charge < -0.3 is 10.2 Å². The van der Waals surface area contributed by atoms with Gasteiger partial charge in [0.1, 0.15) is 0 Å². The molecule has 1 saturated heterocycles. The Labute approximate surface area is 135 Å². The molecular weight excluding hydrogens is 274 g/mol. The maximum absolute atomic E-state index is 13.1. The highest BCUT2D eigenvalue weighted by Gasteiger charge is 2.41. The summed E-state index contributed by atoms with van der Waals surface area (Å²) in [5.41, 5.74) is -0.175. The first-order valence-corrected chi connectivity index (χ1v) is 8.67. The van der Waals surface area contributed by atoms with E-state index in [0.717, 1.165) is 32.4 Å². The maximum atomic E-state index is 13.1. The molecule has 124 valence electrons. The van der Waals surface area contributed by atoms with Gasteiger partial charge in [0, 0.05) is 25.0 Å². The minimum atomic E-state index is -0.579. The normalized spacial score (nSPS) is 25.7. The van der Waals surface area contributed by atoms with Crippen LogP contribution in [0.2, 0.25) is 0 Å². The largest absolute Gasteiger partial charge is 0.335 e. The minimum absolute atomic E-state index is 0.174. The standard InChI is InChI=1S/C18H31N3O/c1-17(2)8-5-14(6-9-17)21(15-7-12-20-13-15)16(22)18(3,4)10-11-19/h14-15,20H,5-10,12-13H2,1-4H3/t15-/m0/s1. The van der Waals surface area contributed by atoms with Crippen LogP contribution in [0.4, 0.5) is 0 Å². The van der Waals surface area contributed by atoms with E-state index in [4.69, 9.17) is 5.26 Å². The lowest BCUT2D eigenvalue weighted by Gasteiger charge is -2.45. The van der Waals surface area contributed by atoms with Crippen molar-refractivity contribution in [2.45, 2.75) is 78.3 Å². The molecule has 1 N–H and O–H groups in total. The van der Waals surface area contributed by atoms with E-state index in [1.54, 1.807) is 0 Å². The molecule has 0 aromatic heterocycles. The van der Waals surface area contributed by atoms with Crippen LogP contribution in [-0.2, 0) is 4.79 Å². The zero-order valence-corrected chi connectivity index (χ0v) is 14.6. The van der Waals surface area contributed by atoms with Crippen molar-refractivity contribution in [1.29, 1.82) is 5.26 Å². The van der Waals surface area contributed by atoms with Gasteiger partial charge in [0.15, 0.2) is 0 Å². The van der Waals surface area contributed by atoms with Crippen molar-refractivity contribution < 1.29 is 4.79 Å². The number of nitriles is 1. The van der Waals surface area contributed by atoms with Crippen molar-refractivity contribution in [2.24, 2.45) is 10.8 Å². The van der Waals surface area contributed by atoms with E-state index in [0.29, 0.717) is 23.9 Å². The third-order valence-electron chi connectivity index (χ3n) is 5.46. The van der Waals surface area contributed by atoms with Gasteiger partial charge in [-0.2, -0.15) is 5.26 Å². The predicted molar refractivity (Wildman–Crippen MR) is 88.2 cm³/mol. The van der Waals surface area contributed by atoms with Crippen LogP contribution in [0.5, 0.6) is 0 Å². The van der Waals surface area contributed by atoms with Gasteiger partial charge in [-0.05, 0) is 44.1 Å². The second-order valence-electron chi connectivity index (χ2n) is 8.47. The van der Waals surface area contributed by atoms with Crippen LogP contribution >= 0.6 is 0 Å². The van der Waals surface area contributed by atoms with E-state index >= 15 is 0 Å². The van der Waals surface area contributed by atoms with Gasteiger partial charge in [0.05, 0.1) is 11.5 Å².